The van der Waals surface area contributed by atoms with Crippen LogP contribution in [0.2, 0.25) is 5.02 Å². The Labute approximate surface area is 108 Å². The van der Waals surface area contributed by atoms with Crippen LogP contribution in [0.15, 0.2) is 28.8 Å². The molecule has 0 aliphatic rings. The van der Waals surface area contributed by atoms with Gasteiger partial charge in [0.15, 0.2) is 5.82 Å². The van der Waals surface area contributed by atoms with Crippen molar-refractivity contribution >= 4 is 23.2 Å². The zero-order chi connectivity index (χ0) is 12.3. The van der Waals surface area contributed by atoms with E-state index in [1.165, 1.54) is 0 Å². The minimum Gasteiger partial charge on any atom is -0.388 e. The number of aromatic nitrogens is 2. The molecule has 1 heterocycles. The molecule has 1 atom stereocenters. The highest BCUT2D eigenvalue weighted by Crippen LogP contribution is 2.19. The highest BCUT2D eigenvalue weighted by molar-refractivity contribution is 6.30. The van der Waals surface area contributed by atoms with Gasteiger partial charge in [0, 0.05) is 11.4 Å². The third kappa shape index (κ3) is 3.19. The minimum absolute atomic E-state index is 0.171. The minimum atomic E-state index is -0.687. The van der Waals surface area contributed by atoms with Gasteiger partial charge in [0.2, 0.25) is 5.89 Å². The van der Waals surface area contributed by atoms with Crippen molar-refractivity contribution in [3.8, 4) is 0 Å². The van der Waals surface area contributed by atoms with Gasteiger partial charge in [-0.25, -0.2) is 0 Å². The Morgan fingerprint density at radius 2 is 2.00 bits per heavy atom. The second kappa shape index (κ2) is 5.49. The quantitative estimate of drug-likeness (QED) is 0.870. The van der Waals surface area contributed by atoms with Crippen molar-refractivity contribution in [3.05, 3.63) is 46.6 Å². The molecule has 90 valence electrons. The standard InChI is InChI=1S/C11H10Cl2N2O2/c12-6-11-14-10(15-17-11)5-9(16)7-1-3-8(13)4-2-7/h1-4,9,16H,5-6H2/t9-/m0/s1. The number of alkyl halides is 1. The van der Waals surface area contributed by atoms with Crippen molar-refractivity contribution in [3.63, 3.8) is 0 Å². The molecule has 0 bridgehead atoms. The molecule has 1 aromatic heterocycles. The number of hydrogen-bond acceptors (Lipinski definition) is 4. The first-order valence-corrected chi connectivity index (χ1v) is 5.91. The fourth-order valence-corrected chi connectivity index (χ4v) is 1.64. The molecule has 0 aliphatic carbocycles. The summed E-state index contributed by atoms with van der Waals surface area (Å²) in [6, 6.07) is 6.96. The predicted molar refractivity (Wildman–Crippen MR) is 64.0 cm³/mol. The highest BCUT2D eigenvalue weighted by Gasteiger charge is 2.13. The van der Waals surface area contributed by atoms with Crippen molar-refractivity contribution in [2.75, 3.05) is 0 Å². The molecule has 0 aliphatic heterocycles. The average Bonchev–Trinajstić information content (AvgIpc) is 2.77. The van der Waals surface area contributed by atoms with E-state index in [1.807, 2.05) is 0 Å². The fraction of sp³-hybridized carbons (Fsp3) is 0.273. The summed E-state index contributed by atoms with van der Waals surface area (Å²) in [5, 5.41) is 14.3. The van der Waals surface area contributed by atoms with Crippen LogP contribution in [0.25, 0.3) is 0 Å². The first kappa shape index (κ1) is 12.4. The molecular weight excluding hydrogens is 263 g/mol. The maximum absolute atomic E-state index is 9.95. The Morgan fingerprint density at radius 3 is 2.59 bits per heavy atom. The lowest BCUT2D eigenvalue weighted by Gasteiger charge is -2.07. The topological polar surface area (TPSA) is 59.2 Å². The molecular formula is C11H10Cl2N2O2. The Bertz CT molecular complexity index is 484. The molecule has 0 saturated heterocycles. The fourth-order valence-electron chi connectivity index (χ4n) is 1.40. The number of nitrogens with zero attached hydrogens (tertiary/aromatic N) is 2. The normalized spacial score (nSPS) is 12.6. The maximum Gasteiger partial charge on any atom is 0.241 e. The van der Waals surface area contributed by atoms with Crippen LogP contribution >= 0.6 is 23.2 Å². The van der Waals surface area contributed by atoms with E-state index in [0.29, 0.717) is 16.7 Å². The van der Waals surface area contributed by atoms with Gasteiger partial charge in [-0.15, -0.1) is 11.6 Å². The number of halogens is 2. The smallest absolute Gasteiger partial charge is 0.241 e. The molecule has 17 heavy (non-hydrogen) atoms. The molecule has 2 aromatic rings. The summed E-state index contributed by atoms with van der Waals surface area (Å²) in [6.45, 7) is 0. The molecule has 2 rings (SSSR count). The molecule has 4 nitrogen and oxygen atoms in total. The van der Waals surface area contributed by atoms with Crippen LogP contribution in [0.1, 0.15) is 23.4 Å². The lowest BCUT2D eigenvalue weighted by Crippen LogP contribution is -2.03. The summed E-state index contributed by atoms with van der Waals surface area (Å²) in [6.07, 6.45) is -0.407. The zero-order valence-electron chi connectivity index (χ0n) is 8.81. The second-order valence-electron chi connectivity index (χ2n) is 3.51. The monoisotopic (exact) mass is 272 g/mol. The second-order valence-corrected chi connectivity index (χ2v) is 4.21. The SMILES string of the molecule is O[C@@H](Cc1noc(CCl)n1)c1ccc(Cl)cc1. The maximum atomic E-state index is 9.95. The predicted octanol–water partition coefficient (Wildman–Crippen LogP) is 2.74. The largest absolute Gasteiger partial charge is 0.388 e. The third-order valence-corrected chi connectivity index (χ3v) is 2.74. The molecule has 0 radical (unpaired) electrons. The highest BCUT2D eigenvalue weighted by atomic mass is 35.5. The van der Waals surface area contributed by atoms with Gasteiger partial charge < -0.3 is 9.63 Å². The molecule has 0 unspecified atom stereocenters. The van der Waals surface area contributed by atoms with Crippen molar-refractivity contribution < 1.29 is 9.63 Å². The molecule has 0 amide bonds. The number of aliphatic hydroxyl groups is 1. The number of rotatable bonds is 4. The molecule has 1 aromatic carbocycles. The summed E-state index contributed by atoms with van der Waals surface area (Å²) >= 11 is 11.3. The molecule has 6 heteroatoms. The van der Waals surface area contributed by atoms with Crippen LogP contribution in [0.5, 0.6) is 0 Å². The first-order valence-electron chi connectivity index (χ1n) is 5.00. The van der Waals surface area contributed by atoms with E-state index >= 15 is 0 Å². The van der Waals surface area contributed by atoms with Gasteiger partial charge in [0.1, 0.15) is 5.88 Å². The van der Waals surface area contributed by atoms with Crippen LogP contribution in [0.4, 0.5) is 0 Å². The van der Waals surface area contributed by atoms with E-state index in [-0.39, 0.29) is 12.3 Å². The summed E-state index contributed by atoms with van der Waals surface area (Å²) < 4.78 is 4.84. The van der Waals surface area contributed by atoms with Gasteiger partial charge in [-0.1, -0.05) is 28.9 Å². The van der Waals surface area contributed by atoms with Gasteiger partial charge >= 0.3 is 0 Å². The van der Waals surface area contributed by atoms with Gasteiger partial charge in [-0.2, -0.15) is 4.98 Å². The van der Waals surface area contributed by atoms with Crippen LogP contribution in [-0.2, 0) is 12.3 Å². The van der Waals surface area contributed by atoms with E-state index in [2.05, 4.69) is 10.1 Å². The molecule has 1 N–H and O–H groups in total. The van der Waals surface area contributed by atoms with Crippen molar-refractivity contribution in [2.45, 2.75) is 18.4 Å². The zero-order valence-corrected chi connectivity index (χ0v) is 10.3. The Hall–Kier alpha value is -1.10. The first-order chi connectivity index (χ1) is 8.19. The van der Waals surface area contributed by atoms with Crippen LogP contribution < -0.4 is 0 Å². The Kier molecular flexibility index (Phi) is 3.99. The number of benzene rings is 1. The van der Waals surface area contributed by atoms with Gasteiger partial charge in [-0.3, -0.25) is 0 Å². The molecule has 0 saturated carbocycles. The summed E-state index contributed by atoms with van der Waals surface area (Å²) in [5.41, 5.74) is 0.756. The van der Waals surface area contributed by atoms with E-state index in [4.69, 9.17) is 27.7 Å². The van der Waals surface area contributed by atoms with Gasteiger partial charge in [0.05, 0.1) is 6.10 Å². The number of hydrogen-bond donors (Lipinski definition) is 1. The van der Waals surface area contributed by atoms with Crippen molar-refractivity contribution in [2.24, 2.45) is 0 Å². The van der Waals surface area contributed by atoms with E-state index < -0.39 is 6.10 Å². The van der Waals surface area contributed by atoms with Gasteiger partial charge in [0.25, 0.3) is 0 Å². The Morgan fingerprint density at radius 1 is 1.29 bits per heavy atom. The van der Waals surface area contributed by atoms with Crippen LogP contribution in [0, 0.1) is 0 Å². The van der Waals surface area contributed by atoms with E-state index in [9.17, 15) is 5.11 Å². The van der Waals surface area contributed by atoms with Crippen molar-refractivity contribution in [1.29, 1.82) is 0 Å². The van der Waals surface area contributed by atoms with Crippen molar-refractivity contribution in [1.82, 2.24) is 10.1 Å². The lowest BCUT2D eigenvalue weighted by atomic mass is 10.1. The Balaban J connectivity index is 2.05. The van der Waals surface area contributed by atoms with Crippen LogP contribution in [0.3, 0.4) is 0 Å². The molecule has 0 fully saturated rings. The number of aliphatic hydroxyl groups excluding tert-OH is 1. The summed E-state index contributed by atoms with van der Waals surface area (Å²) in [7, 11) is 0. The lowest BCUT2D eigenvalue weighted by molar-refractivity contribution is 0.174. The summed E-state index contributed by atoms with van der Waals surface area (Å²) in [5.74, 6) is 0.956. The third-order valence-electron chi connectivity index (χ3n) is 2.26. The van der Waals surface area contributed by atoms with Gasteiger partial charge in [-0.05, 0) is 17.7 Å². The average molecular weight is 273 g/mol. The van der Waals surface area contributed by atoms with Crippen LogP contribution in [-0.4, -0.2) is 15.2 Å². The summed E-state index contributed by atoms with van der Waals surface area (Å²) in [4.78, 5) is 4.02. The molecule has 0 spiro atoms. The van der Waals surface area contributed by atoms with E-state index in [1.54, 1.807) is 24.3 Å². The van der Waals surface area contributed by atoms with E-state index in [0.717, 1.165) is 5.56 Å².